The van der Waals surface area contributed by atoms with Crippen LogP contribution in [0.3, 0.4) is 0 Å². The molecule has 0 saturated heterocycles. The number of halogens is 1. The number of aryl methyl sites for hydroxylation is 1. The van der Waals surface area contributed by atoms with E-state index in [1.165, 1.54) is 0 Å². The first-order chi connectivity index (χ1) is 8.56. The van der Waals surface area contributed by atoms with E-state index >= 15 is 0 Å². The predicted octanol–water partition coefficient (Wildman–Crippen LogP) is 3.54. The summed E-state index contributed by atoms with van der Waals surface area (Å²) in [6.45, 7) is 3.93. The van der Waals surface area contributed by atoms with E-state index in [-0.39, 0.29) is 6.04 Å². The lowest BCUT2D eigenvalue weighted by Crippen LogP contribution is -2.18. The zero-order chi connectivity index (χ0) is 13.1. The van der Waals surface area contributed by atoms with Crippen molar-refractivity contribution in [1.29, 1.82) is 0 Å². The molecule has 0 radical (unpaired) electrons. The average Bonchev–Trinajstić information content (AvgIpc) is 2.69. The highest BCUT2D eigenvalue weighted by Crippen LogP contribution is 2.35. The summed E-state index contributed by atoms with van der Waals surface area (Å²) in [6, 6.07) is 5.98. The second kappa shape index (κ2) is 6.02. The summed E-state index contributed by atoms with van der Waals surface area (Å²) >= 11 is 9.42. The normalized spacial score (nSPS) is 12.7. The molecule has 6 heteroatoms. The molecule has 1 heterocycles. The number of rotatable bonds is 4. The Morgan fingerprint density at radius 1 is 1.44 bits per heavy atom. The molecular weight excluding hydrogens is 286 g/mol. The predicted molar refractivity (Wildman–Crippen MR) is 77.6 cm³/mol. The van der Waals surface area contributed by atoms with Crippen LogP contribution in [0.15, 0.2) is 27.4 Å². The summed E-state index contributed by atoms with van der Waals surface area (Å²) in [7, 11) is 0. The van der Waals surface area contributed by atoms with E-state index in [2.05, 4.69) is 10.2 Å². The second-order valence-electron chi connectivity index (χ2n) is 4.09. The van der Waals surface area contributed by atoms with E-state index in [9.17, 15) is 0 Å². The summed E-state index contributed by atoms with van der Waals surface area (Å²) < 4.78 is 0.931. The van der Waals surface area contributed by atoms with Crippen molar-refractivity contribution in [3.63, 3.8) is 0 Å². The fourth-order valence-electron chi connectivity index (χ4n) is 1.57. The van der Waals surface area contributed by atoms with Crippen LogP contribution in [-0.2, 0) is 6.42 Å². The van der Waals surface area contributed by atoms with Gasteiger partial charge in [-0.1, -0.05) is 40.8 Å². The van der Waals surface area contributed by atoms with Crippen molar-refractivity contribution in [2.24, 2.45) is 5.73 Å². The van der Waals surface area contributed by atoms with Crippen LogP contribution in [0, 0.1) is 6.92 Å². The third kappa shape index (κ3) is 3.45. The van der Waals surface area contributed by atoms with Gasteiger partial charge >= 0.3 is 0 Å². The van der Waals surface area contributed by atoms with Crippen molar-refractivity contribution in [3.8, 4) is 0 Å². The minimum absolute atomic E-state index is 0.0837. The Balaban J connectivity index is 2.29. The van der Waals surface area contributed by atoms with Crippen molar-refractivity contribution in [1.82, 2.24) is 10.2 Å². The van der Waals surface area contributed by atoms with Crippen LogP contribution in [0.5, 0.6) is 0 Å². The van der Waals surface area contributed by atoms with Crippen LogP contribution in [0.25, 0.3) is 0 Å². The molecule has 1 atom stereocenters. The lowest BCUT2D eigenvalue weighted by Gasteiger charge is -2.11. The van der Waals surface area contributed by atoms with Gasteiger partial charge in [0.1, 0.15) is 5.01 Å². The van der Waals surface area contributed by atoms with Crippen LogP contribution in [0.4, 0.5) is 0 Å². The quantitative estimate of drug-likeness (QED) is 0.938. The molecule has 18 heavy (non-hydrogen) atoms. The van der Waals surface area contributed by atoms with E-state index in [1.54, 1.807) is 23.1 Å². The van der Waals surface area contributed by atoms with E-state index < -0.39 is 0 Å². The number of aromatic nitrogens is 2. The van der Waals surface area contributed by atoms with Gasteiger partial charge in [-0.15, -0.1) is 10.2 Å². The van der Waals surface area contributed by atoms with E-state index in [0.29, 0.717) is 0 Å². The maximum absolute atomic E-state index is 6.24. The number of benzene rings is 1. The largest absolute Gasteiger partial charge is 0.328 e. The highest BCUT2D eigenvalue weighted by molar-refractivity contribution is 8.01. The maximum atomic E-state index is 6.24. The summed E-state index contributed by atoms with van der Waals surface area (Å²) in [5.74, 6) is 0. The van der Waals surface area contributed by atoms with Gasteiger partial charge in [0.2, 0.25) is 0 Å². The van der Waals surface area contributed by atoms with Gasteiger partial charge < -0.3 is 5.73 Å². The highest BCUT2D eigenvalue weighted by Gasteiger charge is 2.12. The van der Waals surface area contributed by atoms with Crippen LogP contribution in [-0.4, -0.2) is 16.2 Å². The fraction of sp³-hybridized carbons (Fsp3) is 0.333. The molecule has 0 fully saturated rings. The van der Waals surface area contributed by atoms with E-state index in [1.807, 2.05) is 32.0 Å². The molecular formula is C12H14ClN3S2. The molecule has 1 aromatic heterocycles. The van der Waals surface area contributed by atoms with Crippen molar-refractivity contribution in [2.75, 3.05) is 0 Å². The van der Waals surface area contributed by atoms with Gasteiger partial charge in [0, 0.05) is 16.0 Å². The molecule has 2 aromatic rings. The topological polar surface area (TPSA) is 51.8 Å². The van der Waals surface area contributed by atoms with Gasteiger partial charge in [-0.3, -0.25) is 0 Å². The molecule has 96 valence electrons. The summed E-state index contributed by atoms with van der Waals surface area (Å²) in [4.78, 5) is 1.11. The molecule has 0 aliphatic heterocycles. The smallest absolute Gasteiger partial charge is 0.179 e. The molecule has 1 aromatic carbocycles. The van der Waals surface area contributed by atoms with Crippen LogP contribution in [0.2, 0.25) is 5.02 Å². The first kappa shape index (κ1) is 13.8. The number of hydrogen-bond donors (Lipinski definition) is 1. The highest BCUT2D eigenvalue weighted by atomic mass is 35.5. The molecule has 0 aliphatic rings. The lowest BCUT2D eigenvalue weighted by molar-refractivity contribution is 0.729. The first-order valence-corrected chi connectivity index (χ1v) is 7.58. The average molecular weight is 300 g/mol. The van der Waals surface area contributed by atoms with Crippen molar-refractivity contribution >= 4 is 34.7 Å². The molecule has 1 unspecified atom stereocenters. The lowest BCUT2D eigenvalue weighted by atomic mass is 10.1. The minimum atomic E-state index is 0.0837. The summed E-state index contributed by atoms with van der Waals surface area (Å²) in [5, 5.41) is 9.86. The number of nitrogens with two attached hydrogens (primary N) is 1. The SMILES string of the molecule is Cc1nnc(Sc2cccc(Cl)c2CC(C)N)s1. The van der Waals surface area contributed by atoms with Crippen LogP contribution >= 0.6 is 34.7 Å². The molecule has 0 amide bonds. The zero-order valence-corrected chi connectivity index (χ0v) is 12.6. The molecule has 0 spiro atoms. The fourth-order valence-corrected chi connectivity index (χ4v) is 3.82. The van der Waals surface area contributed by atoms with E-state index in [0.717, 1.165) is 31.2 Å². The third-order valence-electron chi connectivity index (χ3n) is 2.31. The van der Waals surface area contributed by atoms with Gasteiger partial charge in [0.25, 0.3) is 0 Å². The van der Waals surface area contributed by atoms with Crippen LogP contribution < -0.4 is 5.73 Å². The Morgan fingerprint density at radius 3 is 2.83 bits per heavy atom. The van der Waals surface area contributed by atoms with Crippen molar-refractivity contribution < 1.29 is 0 Å². The molecule has 0 saturated carbocycles. The van der Waals surface area contributed by atoms with Gasteiger partial charge in [0.15, 0.2) is 4.34 Å². The molecule has 3 nitrogen and oxygen atoms in total. The summed E-state index contributed by atoms with van der Waals surface area (Å²) in [6.07, 6.45) is 0.764. The first-order valence-electron chi connectivity index (χ1n) is 5.57. The minimum Gasteiger partial charge on any atom is -0.328 e. The van der Waals surface area contributed by atoms with Gasteiger partial charge in [0.05, 0.1) is 0 Å². The Hall–Kier alpha value is -0.620. The Kier molecular flexibility index (Phi) is 4.61. The Labute approximate surface area is 120 Å². The number of nitrogens with zero attached hydrogens (tertiary/aromatic N) is 2. The summed E-state index contributed by atoms with van der Waals surface area (Å²) in [5.41, 5.74) is 6.96. The second-order valence-corrected chi connectivity index (χ2v) is 6.96. The van der Waals surface area contributed by atoms with E-state index in [4.69, 9.17) is 17.3 Å². The van der Waals surface area contributed by atoms with Gasteiger partial charge in [-0.05, 0) is 38.0 Å². The van der Waals surface area contributed by atoms with Crippen LogP contribution in [0.1, 0.15) is 17.5 Å². The maximum Gasteiger partial charge on any atom is 0.179 e. The zero-order valence-electron chi connectivity index (χ0n) is 10.2. The van der Waals surface area contributed by atoms with Crippen molar-refractivity contribution in [2.45, 2.75) is 35.5 Å². The van der Waals surface area contributed by atoms with Gasteiger partial charge in [-0.2, -0.15) is 0 Å². The molecule has 2 N–H and O–H groups in total. The number of hydrogen-bond acceptors (Lipinski definition) is 5. The standard InChI is InChI=1S/C12H14ClN3S2/c1-7(14)6-9-10(13)4-3-5-11(9)18-12-16-15-8(2)17-12/h3-5,7H,6,14H2,1-2H3. The van der Waals surface area contributed by atoms with Crippen molar-refractivity contribution in [3.05, 3.63) is 33.8 Å². The molecule has 2 rings (SSSR count). The Bertz CT molecular complexity index is 540. The monoisotopic (exact) mass is 299 g/mol. The molecule has 0 bridgehead atoms. The molecule has 0 aliphatic carbocycles. The third-order valence-corrected chi connectivity index (χ3v) is 4.65. The van der Waals surface area contributed by atoms with Gasteiger partial charge in [-0.25, -0.2) is 0 Å². The Morgan fingerprint density at radius 2 is 2.22 bits per heavy atom.